The van der Waals surface area contributed by atoms with Crippen LogP contribution in [-0.2, 0) is 14.0 Å². The second-order valence-corrected chi connectivity index (χ2v) is 15.4. The van der Waals surface area contributed by atoms with E-state index in [9.17, 15) is 9.90 Å². The van der Waals surface area contributed by atoms with Gasteiger partial charge in [-0.1, -0.05) is 34.1 Å². The van der Waals surface area contributed by atoms with Crippen molar-refractivity contribution >= 4 is 14.3 Å². The third-order valence-electron chi connectivity index (χ3n) is 7.66. The van der Waals surface area contributed by atoms with Crippen LogP contribution in [-0.4, -0.2) is 49.4 Å². The summed E-state index contributed by atoms with van der Waals surface area (Å²) in [6.07, 6.45) is 7.10. The summed E-state index contributed by atoms with van der Waals surface area (Å²) >= 11 is 0. The largest absolute Gasteiger partial charge is 0.479 e. The summed E-state index contributed by atoms with van der Waals surface area (Å²) in [5.41, 5.74) is 0.186. The van der Waals surface area contributed by atoms with Crippen LogP contribution in [0.15, 0.2) is 0 Å². The van der Waals surface area contributed by atoms with Crippen LogP contribution in [0.25, 0.3) is 0 Å². The van der Waals surface area contributed by atoms with E-state index in [1.807, 2.05) is 0 Å². The van der Waals surface area contributed by atoms with Gasteiger partial charge in [-0.3, -0.25) is 0 Å². The molecule has 6 heteroatoms. The van der Waals surface area contributed by atoms with Gasteiger partial charge >= 0.3 is 5.97 Å². The molecule has 1 aliphatic heterocycles. The Kier molecular flexibility index (Phi) is 7.79. The van der Waals surface area contributed by atoms with Crippen molar-refractivity contribution in [3.05, 3.63) is 0 Å². The van der Waals surface area contributed by atoms with Crippen molar-refractivity contribution in [2.75, 3.05) is 6.61 Å². The molecule has 0 spiro atoms. The molecule has 2 N–H and O–H groups in total. The van der Waals surface area contributed by atoms with Gasteiger partial charge in [-0.15, -0.1) is 0 Å². The monoisotopic (exact) mass is 414 g/mol. The molecule has 2 fully saturated rings. The Balaban J connectivity index is 2.08. The van der Waals surface area contributed by atoms with Crippen molar-refractivity contribution < 1.29 is 24.2 Å². The minimum Gasteiger partial charge on any atom is -0.479 e. The molecule has 5 atom stereocenters. The second-order valence-electron chi connectivity index (χ2n) is 10.6. The highest BCUT2D eigenvalue weighted by atomic mass is 28.4. The zero-order valence-corrected chi connectivity index (χ0v) is 19.8. The number of aliphatic hydroxyl groups excluding tert-OH is 1. The van der Waals surface area contributed by atoms with Crippen LogP contribution in [0.1, 0.15) is 79.1 Å². The van der Waals surface area contributed by atoms with E-state index in [1.54, 1.807) is 0 Å². The lowest BCUT2D eigenvalue weighted by atomic mass is 9.67. The SMILES string of the molecule is CCC(CCC(O)C(=O)O)C1(CCC2CO2)CCC(O[Si](C)(C)C(C)(C)C)C1. The molecule has 0 aromatic heterocycles. The molecule has 2 aliphatic rings. The molecule has 0 radical (unpaired) electrons. The van der Waals surface area contributed by atoms with Crippen LogP contribution in [0.4, 0.5) is 0 Å². The number of epoxide rings is 1. The minimum absolute atomic E-state index is 0.186. The summed E-state index contributed by atoms with van der Waals surface area (Å²) in [6, 6.07) is 0. The predicted octanol–water partition coefficient (Wildman–Crippen LogP) is 4.98. The molecular formula is C22H42O5Si. The van der Waals surface area contributed by atoms with Gasteiger partial charge in [-0.05, 0) is 74.4 Å². The first-order valence-corrected chi connectivity index (χ1v) is 14.0. The van der Waals surface area contributed by atoms with E-state index in [0.717, 1.165) is 51.6 Å². The molecule has 5 nitrogen and oxygen atoms in total. The number of hydrogen-bond acceptors (Lipinski definition) is 4. The van der Waals surface area contributed by atoms with Crippen molar-refractivity contribution in [3.63, 3.8) is 0 Å². The lowest BCUT2D eigenvalue weighted by Crippen LogP contribution is -2.43. The van der Waals surface area contributed by atoms with Crippen LogP contribution in [0.3, 0.4) is 0 Å². The van der Waals surface area contributed by atoms with Gasteiger partial charge < -0.3 is 19.4 Å². The van der Waals surface area contributed by atoms with E-state index in [2.05, 4.69) is 40.8 Å². The number of ether oxygens (including phenoxy) is 1. The smallest absolute Gasteiger partial charge is 0.332 e. The van der Waals surface area contributed by atoms with Gasteiger partial charge in [-0.25, -0.2) is 4.79 Å². The number of carbonyl (C=O) groups is 1. The fourth-order valence-corrected chi connectivity index (χ4v) is 6.10. The van der Waals surface area contributed by atoms with Crippen LogP contribution in [0.5, 0.6) is 0 Å². The van der Waals surface area contributed by atoms with Crippen molar-refractivity contribution in [3.8, 4) is 0 Å². The molecular weight excluding hydrogens is 372 g/mol. The highest BCUT2D eigenvalue weighted by Gasteiger charge is 2.48. The van der Waals surface area contributed by atoms with Crippen LogP contribution >= 0.6 is 0 Å². The van der Waals surface area contributed by atoms with Gasteiger partial charge in [0.1, 0.15) is 0 Å². The summed E-state index contributed by atoms with van der Waals surface area (Å²) in [7, 11) is -1.80. The summed E-state index contributed by atoms with van der Waals surface area (Å²) in [4.78, 5) is 11.0. The highest BCUT2D eigenvalue weighted by Crippen LogP contribution is 2.53. The molecule has 5 unspecified atom stereocenters. The Labute approximate surface area is 172 Å². The highest BCUT2D eigenvalue weighted by molar-refractivity contribution is 6.74. The second kappa shape index (κ2) is 9.15. The third kappa shape index (κ3) is 6.03. The van der Waals surface area contributed by atoms with Crippen molar-refractivity contribution in [1.29, 1.82) is 0 Å². The van der Waals surface area contributed by atoms with E-state index in [-0.39, 0.29) is 10.5 Å². The van der Waals surface area contributed by atoms with E-state index < -0.39 is 20.4 Å². The molecule has 2 rings (SSSR count). The van der Waals surface area contributed by atoms with Crippen LogP contribution in [0, 0.1) is 11.3 Å². The van der Waals surface area contributed by atoms with Gasteiger partial charge in [0.2, 0.25) is 0 Å². The van der Waals surface area contributed by atoms with Crippen molar-refractivity contribution in [1.82, 2.24) is 0 Å². The first-order chi connectivity index (χ1) is 12.9. The minimum atomic E-state index is -1.80. The topological polar surface area (TPSA) is 79.3 Å². The number of rotatable bonds is 11. The number of carboxylic acids is 1. The summed E-state index contributed by atoms with van der Waals surface area (Å²) in [5, 5.41) is 19.0. The Hall–Kier alpha value is -0.433. The number of carboxylic acid groups (broad SMARTS) is 1. The van der Waals surface area contributed by atoms with E-state index in [1.165, 1.54) is 0 Å². The molecule has 164 valence electrons. The number of hydrogen-bond donors (Lipinski definition) is 2. The number of aliphatic carboxylic acids is 1. The van der Waals surface area contributed by atoms with Crippen molar-refractivity contribution in [2.45, 2.75) is 116 Å². The van der Waals surface area contributed by atoms with Gasteiger partial charge in [-0.2, -0.15) is 0 Å². The van der Waals surface area contributed by atoms with Gasteiger partial charge in [0.25, 0.3) is 0 Å². The Morgan fingerprint density at radius 3 is 2.46 bits per heavy atom. The van der Waals surface area contributed by atoms with E-state index in [4.69, 9.17) is 14.3 Å². The lowest BCUT2D eigenvalue weighted by Gasteiger charge is -2.41. The molecule has 1 saturated heterocycles. The fourth-order valence-electron chi connectivity index (χ4n) is 4.71. The first-order valence-electron chi connectivity index (χ1n) is 11.1. The predicted molar refractivity (Wildman–Crippen MR) is 114 cm³/mol. The fraction of sp³-hybridized carbons (Fsp3) is 0.955. The van der Waals surface area contributed by atoms with E-state index >= 15 is 0 Å². The number of aliphatic hydroxyl groups is 1. The van der Waals surface area contributed by atoms with Gasteiger partial charge in [0.05, 0.1) is 12.7 Å². The molecule has 1 heterocycles. The quantitative estimate of drug-likeness (QED) is 0.368. The van der Waals surface area contributed by atoms with Crippen LogP contribution < -0.4 is 0 Å². The summed E-state index contributed by atoms with van der Waals surface area (Å²) < 4.78 is 12.2. The zero-order valence-electron chi connectivity index (χ0n) is 18.8. The molecule has 28 heavy (non-hydrogen) atoms. The first kappa shape index (κ1) is 23.8. The van der Waals surface area contributed by atoms with Crippen LogP contribution in [0.2, 0.25) is 18.1 Å². The maximum absolute atomic E-state index is 11.0. The molecule has 0 aromatic rings. The average Bonchev–Trinajstić information content (AvgIpc) is 3.33. The Bertz CT molecular complexity index is 526. The third-order valence-corrected chi connectivity index (χ3v) is 12.2. The lowest BCUT2D eigenvalue weighted by molar-refractivity contribution is -0.147. The van der Waals surface area contributed by atoms with Gasteiger partial charge in [0.15, 0.2) is 14.4 Å². The van der Waals surface area contributed by atoms with Crippen molar-refractivity contribution in [2.24, 2.45) is 11.3 Å². The summed E-state index contributed by atoms with van der Waals surface area (Å²) in [5.74, 6) is -0.686. The average molecular weight is 415 g/mol. The van der Waals surface area contributed by atoms with E-state index in [0.29, 0.717) is 24.5 Å². The van der Waals surface area contributed by atoms with Gasteiger partial charge in [0, 0.05) is 6.10 Å². The molecule has 1 aliphatic carbocycles. The maximum atomic E-state index is 11.0. The molecule has 0 amide bonds. The molecule has 1 saturated carbocycles. The maximum Gasteiger partial charge on any atom is 0.332 e. The standard InChI is InChI=1S/C22H42O5Si/c1-7-16(8-9-19(23)20(24)25)22(13-11-18-15-26-18)12-10-17(14-22)27-28(5,6)21(2,3)4/h16-19,23H,7-15H2,1-6H3,(H,24,25). The normalized spacial score (nSPS) is 30.2. The summed E-state index contributed by atoms with van der Waals surface area (Å²) in [6.45, 7) is 14.6. The molecule has 0 aromatic carbocycles. The zero-order chi connectivity index (χ0) is 21.2. The molecule has 0 bridgehead atoms. The Morgan fingerprint density at radius 2 is 1.96 bits per heavy atom. The Morgan fingerprint density at radius 1 is 1.32 bits per heavy atom.